The lowest BCUT2D eigenvalue weighted by Gasteiger charge is -2.27. The summed E-state index contributed by atoms with van der Waals surface area (Å²) in [6.07, 6.45) is 0.855. The van der Waals surface area contributed by atoms with Gasteiger partial charge in [0.2, 0.25) is 5.91 Å². The molecule has 1 atom stereocenters. The van der Waals surface area contributed by atoms with Crippen molar-refractivity contribution >= 4 is 33.2 Å². The molecule has 1 heterocycles. The van der Waals surface area contributed by atoms with Crippen molar-refractivity contribution < 1.29 is 43.2 Å². The largest absolute Gasteiger partial charge is 0.493 e. The summed E-state index contributed by atoms with van der Waals surface area (Å²) < 4.78 is 94.1. The lowest BCUT2D eigenvalue weighted by Crippen LogP contribution is -2.37. The molecule has 0 aliphatic carbocycles. The molecule has 10 heteroatoms. The van der Waals surface area contributed by atoms with Crippen LogP contribution in [0, 0.1) is 0 Å². The van der Waals surface area contributed by atoms with Gasteiger partial charge in [-0.05, 0) is 36.8 Å². The number of anilines is 1. The summed E-state index contributed by atoms with van der Waals surface area (Å²) in [5.74, 6) is -5.05. The van der Waals surface area contributed by atoms with Crippen molar-refractivity contribution in [1.29, 1.82) is 0 Å². The van der Waals surface area contributed by atoms with E-state index in [0.29, 0.717) is 4.90 Å². The number of benzene rings is 2. The van der Waals surface area contributed by atoms with Gasteiger partial charge in [-0.1, -0.05) is 12.1 Å². The number of hydrogen-bond donors (Lipinski definition) is 1. The molecule has 2 aromatic carbocycles. The normalized spacial score (nSPS) is 19.1. The molecule has 0 fully saturated rings. The summed E-state index contributed by atoms with van der Waals surface area (Å²) in [6, 6.07) is 5.53. The Hall–Kier alpha value is -3.40. The van der Waals surface area contributed by atoms with E-state index in [1.54, 1.807) is 0 Å². The smallest absolute Gasteiger partial charge is 0.264 e. The molecule has 3 rings (SSSR count). The summed E-state index contributed by atoms with van der Waals surface area (Å²) in [5, 5.41) is 2.09. The molecule has 0 unspecified atom stereocenters. The number of carbonyl (C=O) groups excluding carboxylic acids is 3. The number of fused-ring (bicyclic) bond motifs is 1. The Morgan fingerprint density at radius 1 is 1.22 bits per heavy atom. The summed E-state index contributed by atoms with van der Waals surface area (Å²) in [5.41, 5.74) is -0.907. The molecule has 0 saturated heterocycles. The summed E-state index contributed by atoms with van der Waals surface area (Å²) >= 11 is 0. The van der Waals surface area contributed by atoms with Gasteiger partial charge in [-0.15, -0.1) is 0 Å². The quantitative estimate of drug-likeness (QED) is 0.591. The topological polar surface area (TPSA) is 119 Å². The number of ether oxygens (including phenoxy) is 2. The van der Waals surface area contributed by atoms with Crippen LogP contribution >= 0.6 is 0 Å². The molecule has 0 spiro atoms. The zero-order chi connectivity index (χ0) is 30.4. The van der Waals surface area contributed by atoms with Gasteiger partial charge in [-0.3, -0.25) is 19.3 Å². The fraction of sp³-hybridized carbons (Fsp3) is 0.318. The van der Waals surface area contributed by atoms with E-state index in [2.05, 4.69) is 5.32 Å². The lowest BCUT2D eigenvalue weighted by atomic mass is 10.1. The van der Waals surface area contributed by atoms with Gasteiger partial charge in [0.25, 0.3) is 11.8 Å². The highest BCUT2D eigenvalue weighted by Gasteiger charge is 2.43. The van der Waals surface area contributed by atoms with Crippen molar-refractivity contribution in [2.45, 2.75) is 19.8 Å². The number of hydrogen-bond acceptors (Lipinski definition) is 7. The highest BCUT2D eigenvalue weighted by Crippen LogP contribution is 2.38. The number of carbonyl (C=O) groups is 3. The molecule has 2 aromatic rings. The van der Waals surface area contributed by atoms with Gasteiger partial charge in [-0.25, -0.2) is 8.42 Å². The van der Waals surface area contributed by atoms with Crippen molar-refractivity contribution in [2.24, 2.45) is 0 Å². The van der Waals surface area contributed by atoms with E-state index in [1.165, 1.54) is 24.3 Å². The first kappa shape index (κ1) is 14.6. The van der Waals surface area contributed by atoms with Crippen molar-refractivity contribution in [3.8, 4) is 11.5 Å². The molecule has 9 nitrogen and oxygen atoms in total. The number of sulfone groups is 1. The van der Waals surface area contributed by atoms with Gasteiger partial charge in [0, 0.05) is 17.2 Å². The number of nitrogens with one attached hydrogen (secondary N) is 1. The fourth-order valence-corrected chi connectivity index (χ4v) is 4.34. The summed E-state index contributed by atoms with van der Waals surface area (Å²) in [7, 11) is -6.86. The molecule has 3 amide bonds. The second kappa shape index (κ2) is 8.99. The Morgan fingerprint density at radius 3 is 2.66 bits per heavy atom. The van der Waals surface area contributed by atoms with E-state index in [9.17, 15) is 22.8 Å². The van der Waals surface area contributed by atoms with Crippen LogP contribution in [0.5, 0.6) is 11.5 Å². The number of rotatable bonds is 8. The Kier molecular flexibility index (Phi) is 4.11. The van der Waals surface area contributed by atoms with Crippen LogP contribution in [-0.2, 0) is 14.6 Å². The second-order valence-corrected chi connectivity index (χ2v) is 9.07. The Bertz CT molecular complexity index is 1470. The molecule has 32 heavy (non-hydrogen) atoms. The molecular formula is C22H24N2O7S. The van der Waals surface area contributed by atoms with Gasteiger partial charge in [-0.2, -0.15) is 0 Å². The molecule has 0 aromatic heterocycles. The highest BCUT2D eigenvalue weighted by atomic mass is 32.2. The van der Waals surface area contributed by atoms with Gasteiger partial charge < -0.3 is 14.8 Å². The maximum atomic E-state index is 13.6. The average molecular weight is 469 g/mol. The predicted octanol–water partition coefficient (Wildman–Crippen LogP) is 2.43. The van der Waals surface area contributed by atoms with E-state index >= 15 is 0 Å². The number of imide groups is 1. The monoisotopic (exact) mass is 468 g/mol. The third-order valence-corrected chi connectivity index (χ3v) is 5.56. The Balaban J connectivity index is 2.15. The standard InChI is InChI=1S/C22H24N2O7S/c1-5-31-19-11-14(9-10-18(19)30-3)17(12-32(4,28)29)24-21(26)15-7-6-8-16(23-13(2)25)20(15)22(24)27/h6-11,17H,5,12H2,1-4H3,(H,23,25)/t17-/m1/s1/i2D3,3D3,5D2. The van der Waals surface area contributed by atoms with Crippen LogP contribution in [0.1, 0.15) is 57.1 Å². The molecule has 170 valence electrons. The maximum Gasteiger partial charge on any atom is 0.264 e. The van der Waals surface area contributed by atoms with Crippen LogP contribution in [0.3, 0.4) is 0 Å². The predicted molar refractivity (Wildman–Crippen MR) is 118 cm³/mol. The first-order valence-corrected chi connectivity index (χ1v) is 11.2. The van der Waals surface area contributed by atoms with Gasteiger partial charge in [0.15, 0.2) is 11.5 Å². The molecular weight excluding hydrogens is 436 g/mol. The molecule has 1 aliphatic rings. The first-order chi connectivity index (χ1) is 18.1. The van der Waals surface area contributed by atoms with E-state index < -0.39 is 71.3 Å². The van der Waals surface area contributed by atoms with Crippen molar-refractivity contribution in [3.05, 3.63) is 53.1 Å². The van der Waals surface area contributed by atoms with Crippen LogP contribution < -0.4 is 14.8 Å². The third kappa shape index (κ3) is 4.59. The highest BCUT2D eigenvalue weighted by molar-refractivity contribution is 7.90. The van der Waals surface area contributed by atoms with E-state index in [1.807, 2.05) is 0 Å². The Labute approximate surface area is 197 Å². The molecule has 1 aliphatic heterocycles. The summed E-state index contributed by atoms with van der Waals surface area (Å²) in [4.78, 5) is 39.6. The number of methoxy groups -OCH3 is 1. The second-order valence-electron chi connectivity index (χ2n) is 6.89. The van der Waals surface area contributed by atoms with Crippen molar-refractivity contribution in [2.75, 3.05) is 30.9 Å². The van der Waals surface area contributed by atoms with E-state index in [0.717, 1.165) is 25.3 Å². The van der Waals surface area contributed by atoms with Crippen LogP contribution in [0.4, 0.5) is 5.69 Å². The zero-order valence-electron chi connectivity index (χ0n) is 25.0. The SMILES string of the molecule is [2H]C([2H])([2H])Oc1ccc([C@@H](CS(C)(=O)=O)N2C(=O)c3cccc(NC(=O)C([2H])([2H])[2H])c3C2=O)cc1OC([2H])([2H])C. The van der Waals surface area contributed by atoms with Gasteiger partial charge in [0.05, 0.1) is 49.1 Å². The van der Waals surface area contributed by atoms with Crippen LogP contribution in [0.25, 0.3) is 0 Å². The summed E-state index contributed by atoms with van der Waals surface area (Å²) in [6.45, 7) is -4.39. The first-order valence-electron chi connectivity index (χ1n) is 13.1. The van der Waals surface area contributed by atoms with Crippen molar-refractivity contribution in [3.63, 3.8) is 0 Å². The minimum atomic E-state index is -3.90. The molecule has 0 saturated carbocycles. The number of nitrogens with zero attached hydrogens (tertiary/aromatic N) is 1. The minimum Gasteiger partial charge on any atom is -0.493 e. The zero-order valence-corrected chi connectivity index (χ0v) is 17.8. The van der Waals surface area contributed by atoms with E-state index in [-0.39, 0.29) is 22.4 Å². The molecule has 0 bridgehead atoms. The maximum absolute atomic E-state index is 13.6. The van der Waals surface area contributed by atoms with Gasteiger partial charge in [0.1, 0.15) is 9.84 Å². The number of amides is 3. The van der Waals surface area contributed by atoms with Crippen LogP contribution in [0.15, 0.2) is 36.4 Å². The van der Waals surface area contributed by atoms with Crippen LogP contribution in [-0.4, -0.2) is 56.6 Å². The minimum absolute atomic E-state index is 0.0508. The Morgan fingerprint density at radius 2 is 2.00 bits per heavy atom. The molecule has 0 radical (unpaired) electrons. The average Bonchev–Trinajstić information content (AvgIpc) is 3.01. The lowest BCUT2D eigenvalue weighted by molar-refractivity contribution is -0.114. The van der Waals surface area contributed by atoms with Crippen LogP contribution in [0.2, 0.25) is 0 Å². The third-order valence-electron chi connectivity index (χ3n) is 4.64. The molecule has 1 N–H and O–H groups in total. The van der Waals surface area contributed by atoms with E-state index in [4.69, 9.17) is 20.4 Å². The fourth-order valence-electron chi connectivity index (χ4n) is 3.43. The van der Waals surface area contributed by atoms with Crippen molar-refractivity contribution in [1.82, 2.24) is 4.90 Å². The van der Waals surface area contributed by atoms with Gasteiger partial charge >= 0.3 is 0 Å².